The van der Waals surface area contributed by atoms with Gasteiger partial charge in [0.25, 0.3) is 5.91 Å². The molecule has 7 nitrogen and oxygen atoms in total. The number of amides is 3. The average Bonchev–Trinajstić information content (AvgIpc) is 3.46. The van der Waals surface area contributed by atoms with E-state index in [1.54, 1.807) is 36.4 Å². The Morgan fingerprint density at radius 2 is 1.69 bits per heavy atom. The van der Waals surface area contributed by atoms with Crippen LogP contribution < -0.4 is 10.2 Å². The predicted molar refractivity (Wildman–Crippen MR) is 117 cm³/mol. The molecule has 3 fully saturated rings. The molecule has 8 heteroatoms. The van der Waals surface area contributed by atoms with E-state index in [1.165, 1.54) is 17.0 Å². The third kappa shape index (κ3) is 3.56. The molecule has 0 radical (unpaired) electrons. The highest BCUT2D eigenvalue weighted by Crippen LogP contribution is 2.56. The van der Waals surface area contributed by atoms with Crippen molar-refractivity contribution in [1.82, 2.24) is 0 Å². The molecule has 1 N–H and O–H groups in total. The molecule has 4 atom stereocenters. The quantitative estimate of drug-likeness (QED) is 0.552. The van der Waals surface area contributed by atoms with Gasteiger partial charge >= 0.3 is 5.97 Å². The number of nitrogens with zero attached hydrogens (tertiary/aromatic N) is 1. The van der Waals surface area contributed by atoms with Crippen molar-refractivity contribution in [2.45, 2.75) is 19.3 Å². The van der Waals surface area contributed by atoms with Gasteiger partial charge in [-0.15, -0.1) is 0 Å². The van der Waals surface area contributed by atoms with E-state index in [2.05, 4.69) is 5.32 Å². The molecule has 2 aliphatic carbocycles. The summed E-state index contributed by atoms with van der Waals surface area (Å²) >= 11 is 5.89. The first-order valence-electron chi connectivity index (χ1n) is 10.6. The Morgan fingerprint density at radius 1 is 1.00 bits per heavy atom. The van der Waals surface area contributed by atoms with Gasteiger partial charge in [-0.25, -0.2) is 4.79 Å². The van der Waals surface area contributed by atoms with Crippen LogP contribution in [0.3, 0.4) is 0 Å². The Bertz CT molecular complexity index is 1100. The maximum Gasteiger partial charge on any atom is 0.338 e. The molecule has 2 saturated carbocycles. The summed E-state index contributed by atoms with van der Waals surface area (Å²) in [5, 5.41) is 3.07. The summed E-state index contributed by atoms with van der Waals surface area (Å²) in [6.45, 7) is -0.481. The zero-order valence-corrected chi connectivity index (χ0v) is 17.9. The van der Waals surface area contributed by atoms with Crippen molar-refractivity contribution < 1.29 is 23.9 Å². The van der Waals surface area contributed by atoms with Crippen LogP contribution in [0.1, 0.15) is 29.6 Å². The molecular formula is C24H21ClN2O5. The van der Waals surface area contributed by atoms with Crippen LogP contribution in [0.5, 0.6) is 0 Å². The minimum Gasteiger partial charge on any atom is -0.452 e. The van der Waals surface area contributed by atoms with Crippen LogP contribution >= 0.6 is 11.6 Å². The van der Waals surface area contributed by atoms with E-state index in [0.717, 1.165) is 19.3 Å². The average molecular weight is 453 g/mol. The fourth-order valence-corrected chi connectivity index (χ4v) is 5.60. The molecule has 2 aromatic rings. The smallest absolute Gasteiger partial charge is 0.338 e. The Balaban J connectivity index is 1.25. The van der Waals surface area contributed by atoms with Gasteiger partial charge in [-0.1, -0.05) is 23.7 Å². The molecule has 3 aliphatic rings. The van der Waals surface area contributed by atoms with E-state index < -0.39 is 18.5 Å². The number of esters is 1. The fraction of sp³-hybridized carbons (Fsp3) is 0.333. The number of carbonyl (C=O) groups is 4. The van der Waals surface area contributed by atoms with Crippen molar-refractivity contribution in [1.29, 1.82) is 0 Å². The third-order valence-electron chi connectivity index (χ3n) is 6.71. The van der Waals surface area contributed by atoms with Gasteiger partial charge in [0.1, 0.15) is 0 Å². The standard InChI is InChI=1S/C24H21ClN2O5/c25-16-4-2-5-17(11-16)26-19(28)12-32-24(31)15-3-1-6-18(10-15)27-22(29)20-13-7-8-14(9-13)21(20)23(27)30/h1-6,10-11,13-14,20-21H,7-9,12H2,(H,26,28)/t13-,14-,20-,21+/m0/s1. The lowest BCUT2D eigenvalue weighted by Crippen LogP contribution is -2.32. The van der Waals surface area contributed by atoms with Gasteiger partial charge < -0.3 is 10.1 Å². The highest BCUT2D eigenvalue weighted by Gasteiger charge is 2.61. The number of carbonyl (C=O) groups excluding carboxylic acids is 4. The van der Waals surface area contributed by atoms with Crippen LogP contribution in [0.2, 0.25) is 5.02 Å². The van der Waals surface area contributed by atoms with Crippen molar-refractivity contribution in [2.24, 2.45) is 23.7 Å². The SMILES string of the molecule is O=C(COC(=O)c1cccc(N2C(=O)[C@@H]3[C@H]4CC[C@@H](C4)[C@@H]3C2=O)c1)Nc1cccc(Cl)c1. The Morgan fingerprint density at radius 3 is 2.38 bits per heavy atom. The molecule has 1 heterocycles. The highest BCUT2D eigenvalue weighted by atomic mass is 35.5. The van der Waals surface area contributed by atoms with E-state index in [1.807, 2.05) is 0 Å². The molecule has 1 saturated heterocycles. The Labute approximate surface area is 189 Å². The largest absolute Gasteiger partial charge is 0.452 e. The number of hydrogen-bond donors (Lipinski definition) is 1. The Kier molecular flexibility index (Phi) is 5.21. The molecule has 0 spiro atoms. The minimum absolute atomic E-state index is 0.165. The lowest BCUT2D eigenvalue weighted by Gasteiger charge is -2.19. The summed E-state index contributed by atoms with van der Waals surface area (Å²) in [5.74, 6) is -1.44. The molecule has 0 aromatic heterocycles. The van der Waals surface area contributed by atoms with Crippen LogP contribution in [0.4, 0.5) is 11.4 Å². The first-order valence-corrected chi connectivity index (χ1v) is 11.0. The molecule has 164 valence electrons. The van der Waals surface area contributed by atoms with Crippen LogP contribution in [0, 0.1) is 23.7 Å². The predicted octanol–water partition coefficient (Wildman–Crippen LogP) is 3.67. The number of nitrogens with one attached hydrogen (secondary N) is 1. The van der Waals surface area contributed by atoms with E-state index in [0.29, 0.717) is 16.4 Å². The first kappa shape index (κ1) is 20.7. The molecule has 2 bridgehead atoms. The van der Waals surface area contributed by atoms with Crippen LogP contribution in [0.25, 0.3) is 0 Å². The van der Waals surface area contributed by atoms with Crippen molar-refractivity contribution in [3.63, 3.8) is 0 Å². The van der Waals surface area contributed by atoms with Crippen molar-refractivity contribution in [2.75, 3.05) is 16.8 Å². The van der Waals surface area contributed by atoms with E-state index in [-0.39, 0.29) is 41.0 Å². The normalized spacial score (nSPS) is 25.7. The molecule has 5 rings (SSSR count). The second-order valence-corrected chi connectivity index (χ2v) is 9.02. The van der Waals surface area contributed by atoms with Gasteiger partial charge in [-0.2, -0.15) is 0 Å². The summed E-state index contributed by atoms with van der Waals surface area (Å²) in [6.07, 6.45) is 2.97. The molecule has 0 unspecified atom stereocenters. The maximum atomic E-state index is 13.0. The zero-order chi connectivity index (χ0) is 22.4. The molecule has 3 amide bonds. The second kappa shape index (κ2) is 8.06. The van der Waals surface area contributed by atoms with Crippen LogP contribution in [-0.2, 0) is 19.1 Å². The van der Waals surface area contributed by atoms with Crippen molar-refractivity contribution in [3.8, 4) is 0 Å². The monoisotopic (exact) mass is 452 g/mol. The van der Waals surface area contributed by atoms with Gasteiger partial charge in [0.2, 0.25) is 11.8 Å². The van der Waals surface area contributed by atoms with Crippen molar-refractivity contribution in [3.05, 3.63) is 59.1 Å². The summed E-state index contributed by atoms with van der Waals surface area (Å²) in [4.78, 5) is 51.8. The summed E-state index contributed by atoms with van der Waals surface area (Å²) < 4.78 is 5.11. The molecule has 2 aromatic carbocycles. The van der Waals surface area contributed by atoms with E-state index in [4.69, 9.17) is 16.3 Å². The van der Waals surface area contributed by atoms with Gasteiger partial charge in [0.15, 0.2) is 6.61 Å². The lowest BCUT2D eigenvalue weighted by atomic mass is 9.81. The Hall–Kier alpha value is -3.19. The summed E-state index contributed by atoms with van der Waals surface area (Å²) in [7, 11) is 0. The zero-order valence-electron chi connectivity index (χ0n) is 17.1. The number of rotatable bonds is 5. The summed E-state index contributed by atoms with van der Waals surface area (Å²) in [6, 6.07) is 12.8. The molecular weight excluding hydrogens is 432 g/mol. The second-order valence-electron chi connectivity index (χ2n) is 8.58. The number of hydrogen-bond acceptors (Lipinski definition) is 5. The van der Waals surface area contributed by atoms with Gasteiger partial charge in [-0.3, -0.25) is 19.3 Å². The first-order chi connectivity index (χ1) is 15.4. The lowest BCUT2D eigenvalue weighted by molar-refractivity contribution is -0.123. The molecule has 32 heavy (non-hydrogen) atoms. The van der Waals surface area contributed by atoms with Gasteiger partial charge in [0.05, 0.1) is 23.1 Å². The summed E-state index contributed by atoms with van der Waals surface area (Å²) in [5.41, 5.74) is 1.02. The minimum atomic E-state index is -0.715. The number of fused-ring (bicyclic) bond motifs is 5. The number of halogens is 1. The number of imide groups is 1. The van der Waals surface area contributed by atoms with Gasteiger partial charge in [0, 0.05) is 10.7 Å². The topological polar surface area (TPSA) is 92.8 Å². The number of benzene rings is 2. The van der Waals surface area contributed by atoms with Gasteiger partial charge in [-0.05, 0) is 67.5 Å². The van der Waals surface area contributed by atoms with E-state index in [9.17, 15) is 19.2 Å². The van der Waals surface area contributed by atoms with Crippen molar-refractivity contribution >= 4 is 46.7 Å². The number of ether oxygens (including phenoxy) is 1. The number of anilines is 2. The van der Waals surface area contributed by atoms with Crippen LogP contribution in [0.15, 0.2) is 48.5 Å². The van der Waals surface area contributed by atoms with Crippen LogP contribution in [-0.4, -0.2) is 30.3 Å². The van der Waals surface area contributed by atoms with E-state index >= 15 is 0 Å². The molecule has 1 aliphatic heterocycles. The third-order valence-corrected chi connectivity index (χ3v) is 6.95. The maximum absolute atomic E-state index is 13.0. The highest BCUT2D eigenvalue weighted by molar-refractivity contribution is 6.30. The fourth-order valence-electron chi connectivity index (χ4n) is 5.41.